The van der Waals surface area contributed by atoms with E-state index in [4.69, 9.17) is 10.6 Å². The van der Waals surface area contributed by atoms with Crippen LogP contribution in [0.1, 0.15) is 4.88 Å². The number of hydrogen-bond donors (Lipinski definition) is 3. The van der Waals surface area contributed by atoms with Crippen molar-refractivity contribution >= 4 is 51.7 Å². The molecular weight excluding hydrogens is 394 g/mol. The Morgan fingerprint density at radius 1 is 1.56 bits per heavy atom. The molecule has 12 heteroatoms. The number of thiazole rings is 1. The van der Waals surface area contributed by atoms with Crippen LogP contribution in [-0.4, -0.2) is 62.3 Å². The Labute approximate surface area is 161 Å². The number of nitrogens with one attached hydrogen (secondary N) is 1. The highest BCUT2D eigenvalue weighted by Crippen LogP contribution is 2.41. The normalized spacial score (nSPS) is 24.4. The zero-order valence-corrected chi connectivity index (χ0v) is 15.6. The number of carboxylic acids is 1. The van der Waals surface area contributed by atoms with Crippen molar-refractivity contribution in [2.24, 2.45) is 5.16 Å². The fourth-order valence-corrected chi connectivity index (χ4v) is 4.61. The van der Waals surface area contributed by atoms with Gasteiger partial charge in [0, 0.05) is 11.4 Å². The molecule has 1 fully saturated rings. The lowest BCUT2D eigenvalue weighted by atomic mass is 10.0. The smallest absolute Gasteiger partial charge is 0.352 e. The number of carboxylic acid groups (broad SMARTS) is 1. The summed E-state index contributed by atoms with van der Waals surface area (Å²) in [4.78, 5) is 46.6. The summed E-state index contributed by atoms with van der Waals surface area (Å²) in [6.07, 6.45) is 4.40. The van der Waals surface area contributed by atoms with Crippen molar-refractivity contribution in [2.75, 3.05) is 12.8 Å². The summed E-state index contributed by atoms with van der Waals surface area (Å²) >= 11 is 2.36. The second kappa shape index (κ2) is 7.40. The maximum atomic E-state index is 12.6. The molecule has 0 radical (unpaired) electrons. The van der Waals surface area contributed by atoms with Crippen LogP contribution in [0.4, 0.5) is 5.13 Å². The number of aromatic nitrogens is 1. The van der Waals surface area contributed by atoms with Gasteiger partial charge in [0.1, 0.15) is 24.2 Å². The SMILES string of the molecule is C=CC1C=C(C(=O)O)N2C(=O)C(NC(=O)/C(=N\OC)c3cnc(N)s3)[C@H]2S1. The van der Waals surface area contributed by atoms with Crippen LogP contribution in [0, 0.1) is 0 Å². The first-order valence-electron chi connectivity index (χ1n) is 7.57. The average Bonchev–Trinajstić information content (AvgIpc) is 3.08. The van der Waals surface area contributed by atoms with Crippen LogP contribution in [0.5, 0.6) is 0 Å². The van der Waals surface area contributed by atoms with E-state index >= 15 is 0 Å². The Morgan fingerprint density at radius 2 is 2.30 bits per heavy atom. The van der Waals surface area contributed by atoms with Crippen molar-refractivity contribution in [1.82, 2.24) is 15.2 Å². The van der Waals surface area contributed by atoms with Gasteiger partial charge in [0.15, 0.2) is 10.8 Å². The molecule has 1 saturated heterocycles. The second-order valence-electron chi connectivity index (χ2n) is 5.43. The van der Waals surface area contributed by atoms with Gasteiger partial charge in [-0.05, 0) is 6.08 Å². The van der Waals surface area contributed by atoms with Crippen LogP contribution in [-0.2, 0) is 19.2 Å². The number of hydrogen-bond acceptors (Lipinski definition) is 9. The Hall–Kier alpha value is -2.86. The monoisotopic (exact) mass is 409 g/mol. The van der Waals surface area contributed by atoms with Gasteiger partial charge in [-0.25, -0.2) is 9.78 Å². The second-order valence-corrected chi connectivity index (χ2v) is 7.79. The third-order valence-corrected chi connectivity index (χ3v) is 6.05. The van der Waals surface area contributed by atoms with Crippen LogP contribution in [0.2, 0.25) is 0 Å². The van der Waals surface area contributed by atoms with Crippen LogP contribution >= 0.6 is 23.1 Å². The maximum Gasteiger partial charge on any atom is 0.352 e. The molecule has 3 heterocycles. The summed E-state index contributed by atoms with van der Waals surface area (Å²) in [7, 11) is 1.28. The summed E-state index contributed by atoms with van der Waals surface area (Å²) in [6, 6.07) is -0.902. The Kier molecular flexibility index (Phi) is 5.19. The van der Waals surface area contributed by atoms with E-state index in [0.717, 1.165) is 16.2 Å². The number of carbonyl (C=O) groups excluding carboxylic acids is 2. The number of thioether (sulfide) groups is 1. The molecule has 0 aromatic carbocycles. The molecule has 2 aliphatic heterocycles. The van der Waals surface area contributed by atoms with Crippen molar-refractivity contribution in [3.63, 3.8) is 0 Å². The molecule has 10 nitrogen and oxygen atoms in total. The van der Waals surface area contributed by atoms with Crippen LogP contribution in [0.3, 0.4) is 0 Å². The van der Waals surface area contributed by atoms with Gasteiger partial charge >= 0.3 is 5.97 Å². The summed E-state index contributed by atoms with van der Waals surface area (Å²) in [5.41, 5.74) is 5.38. The van der Waals surface area contributed by atoms with Crippen molar-refractivity contribution < 1.29 is 24.3 Å². The molecule has 2 amide bonds. The maximum absolute atomic E-state index is 12.6. The number of amides is 2. The molecule has 3 atom stereocenters. The van der Waals surface area contributed by atoms with Crippen LogP contribution in [0.25, 0.3) is 0 Å². The first-order chi connectivity index (χ1) is 12.9. The highest BCUT2D eigenvalue weighted by Gasteiger charge is 2.54. The number of aliphatic carboxylic acids is 1. The number of nitrogen functional groups attached to an aromatic ring is 1. The summed E-state index contributed by atoms with van der Waals surface area (Å²) in [5.74, 6) is -2.38. The molecule has 4 N–H and O–H groups in total. The fraction of sp³-hybridized carbons (Fsp3) is 0.267. The number of carbonyl (C=O) groups is 3. The third-order valence-electron chi connectivity index (χ3n) is 3.81. The van der Waals surface area contributed by atoms with Gasteiger partial charge in [-0.3, -0.25) is 14.5 Å². The molecule has 0 saturated carbocycles. The number of fused-ring (bicyclic) bond motifs is 1. The molecule has 1 aromatic heterocycles. The van der Waals surface area contributed by atoms with E-state index in [9.17, 15) is 19.5 Å². The molecule has 1 aromatic rings. The van der Waals surface area contributed by atoms with Gasteiger partial charge in [0.05, 0.1) is 4.88 Å². The number of nitrogens with two attached hydrogens (primary N) is 1. The van der Waals surface area contributed by atoms with E-state index in [-0.39, 0.29) is 21.8 Å². The minimum atomic E-state index is -1.22. The molecule has 0 bridgehead atoms. The van der Waals surface area contributed by atoms with Gasteiger partial charge in [0.2, 0.25) is 0 Å². The number of oxime groups is 1. The Morgan fingerprint density at radius 3 is 2.85 bits per heavy atom. The minimum Gasteiger partial charge on any atom is -0.477 e. The van der Waals surface area contributed by atoms with Gasteiger partial charge in [-0.1, -0.05) is 22.6 Å². The lowest BCUT2D eigenvalue weighted by Gasteiger charge is -2.49. The fourth-order valence-electron chi connectivity index (χ4n) is 2.62. The Balaban J connectivity index is 1.80. The number of nitrogens with zero attached hydrogens (tertiary/aromatic N) is 3. The standard InChI is InChI=1S/C15H15N5O5S2/c1-3-6-4-7(14(23)24)20-12(22)10(13(20)26-6)18-11(21)9(19-25-2)8-5-17-15(16)27-8/h3-6,10,13H,1H2,2H3,(H2,16,17)(H,18,21)(H,23,24)/b19-9-/t6?,10?,13-/m1/s1. The Bertz CT molecular complexity index is 880. The first-order valence-corrected chi connectivity index (χ1v) is 9.33. The summed E-state index contributed by atoms with van der Waals surface area (Å²) in [6.45, 7) is 3.66. The van der Waals surface area contributed by atoms with E-state index in [2.05, 4.69) is 22.0 Å². The molecular formula is C15H15N5O5S2. The number of anilines is 1. The van der Waals surface area contributed by atoms with E-state index < -0.39 is 29.2 Å². The highest BCUT2D eigenvalue weighted by atomic mass is 32.2. The lowest BCUT2D eigenvalue weighted by Crippen LogP contribution is -2.71. The lowest BCUT2D eigenvalue weighted by molar-refractivity contribution is -0.150. The van der Waals surface area contributed by atoms with Crippen molar-refractivity contribution in [3.8, 4) is 0 Å². The van der Waals surface area contributed by atoms with E-state index in [0.29, 0.717) is 4.88 Å². The van der Waals surface area contributed by atoms with E-state index in [1.54, 1.807) is 6.08 Å². The van der Waals surface area contributed by atoms with Crippen LogP contribution in [0.15, 0.2) is 35.8 Å². The predicted molar refractivity (Wildman–Crippen MR) is 99.9 cm³/mol. The zero-order valence-electron chi connectivity index (χ0n) is 14.0. The molecule has 142 valence electrons. The van der Waals surface area contributed by atoms with Gasteiger partial charge in [-0.15, -0.1) is 18.3 Å². The molecule has 2 aliphatic rings. The molecule has 27 heavy (non-hydrogen) atoms. The number of rotatable bonds is 6. The third kappa shape index (κ3) is 3.40. The first kappa shape index (κ1) is 18.9. The topological polar surface area (TPSA) is 147 Å². The minimum absolute atomic E-state index is 0.0759. The van der Waals surface area contributed by atoms with Crippen LogP contribution < -0.4 is 11.1 Å². The molecule has 3 rings (SSSR count). The van der Waals surface area contributed by atoms with Gasteiger partial charge in [-0.2, -0.15) is 0 Å². The van der Waals surface area contributed by atoms with Gasteiger partial charge < -0.3 is 21.0 Å². The van der Waals surface area contributed by atoms with E-state index in [1.165, 1.54) is 31.1 Å². The van der Waals surface area contributed by atoms with Crippen molar-refractivity contribution in [1.29, 1.82) is 0 Å². The highest BCUT2D eigenvalue weighted by molar-refractivity contribution is 8.01. The van der Waals surface area contributed by atoms with Gasteiger partial charge in [0.25, 0.3) is 11.8 Å². The summed E-state index contributed by atoms with van der Waals surface area (Å²) in [5, 5.41) is 15.0. The summed E-state index contributed by atoms with van der Waals surface area (Å²) < 4.78 is 0. The molecule has 0 spiro atoms. The van der Waals surface area contributed by atoms with Crippen molar-refractivity contribution in [3.05, 3.63) is 35.5 Å². The number of β-lactam (4-membered cyclic amide) rings is 1. The van der Waals surface area contributed by atoms with E-state index in [1.807, 2.05) is 0 Å². The van der Waals surface area contributed by atoms with Crippen molar-refractivity contribution in [2.45, 2.75) is 16.7 Å². The average molecular weight is 409 g/mol. The largest absolute Gasteiger partial charge is 0.477 e. The molecule has 2 unspecified atom stereocenters. The predicted octanol–water partition coefficient (Wildman–Crippen LogP) is -0.00120. The molecule has 0 aliphatic carbocycles. The zero-order chi connectivity index (χ0) is 19.7. The quantitative estimate of drug-likeness (QED) is 0.257.